The zero-order valence-corrected chi connectivity index (χ0v) is 23.2. The average molecular weight is 547 g/mol. The largest absolute Gasteiger partial charge is 0.466 e. The molecule has 1 aliphatic rings. The molecule has 0 fully saturated rings. The number of carbonyl (C=O) groups excluding carboxylic acids is 2. The fraction of sp³-hybridized carbons (Fsp3) is 0.176. The second-order valence-electron chi connectivity index (χ2n) is 9.82. The molecule has 0 spiro atoms. The first-order valence-electron chi connectivity index (χ1n) is 13.6. The molecule has 0 aliphatic carbocycles. The van der Waals surface area contributed by atoms with Gasteiger partial charge in [-0.05, 0) is 55.3 Å². The van der Waals surface area contributed by atoms with Crippen molar-refractivity contribution < 1.29 is 14.3 Å². The van der Waals surface area contributed by atoms with Gasteiger partial charge in [-0.15, -0.1) is 0 Å². The van der Waals surface area contributed by atoms with E-state index in [9.17, 15) is 9.59 Å². The lowest BCUT2D eigenvalue weighted by atomic mass is 10.0. The fourth-order valence-electron chi connectivity index (χ4n) is 5.34. The number of esters is 1. The van der Waals surface area contributed by atoms with Crippen molar-refractivity contribution in [3.63, 3.8) is 0 Å². The standard InChI is InChI=1S/C34H30N2O3S/c1-2-39-33(37)19-10-20-35-23-27(26-13-3-4-14-28(26)35)34(38)25-12-9-11-24(21-25)22-36-29-15-5-7-17-31(29)40-32-18-8-6-16-30(32)36/h3-9,11-18,21,23H,2,10,19-20,22H2,1H3. The molecule has 0 bridgehead atoms. The van der Waals surface area contributed by atoms with Gasteiger partial charge in [0.25, 0.3) is 0 Å². The van der Waals surface area contributed by atoms with Crippen LogP contribution in [0, 0.1) is 0 Å². The first-order chi connectivity index (χ1) is 19.6. The van der Waals surface area contributed by atoms with Gasteiger partial charge in [0, 0.05) is 57.5 Å². The number of ketones is 1. The molecule has 0 atom stereocenters. The monoisotopic (exact) mass is 546 g/mol. The SMILES string of the molecule is CCOC(=O)CCCn1cc(C(=O)c2cccc(CN3c4ccccc4Sc4ccccc43)c2)c2ccccc21. The van der Waals surface area contributed by atoms with E-state index in [0.717, 1.165) is 16.5 Å². The van der Waals surface area contributed by atoms with Gasteiger partial charge >= 0.3 is 5.97 Å². The van der Waals surface area contributed by atoms with Crippen molar-refractivity contribution in [2.24, 2.45) is 0 Å². The van der Waals surface area contributed by atoms with Crippen LogP contribution < -0.4 is 4.90 Å². The number of para-hydroxylation sites is 3. The highest BCUT2D eigenvalue weighted by Gasteiger charge is 2.23. The quantitative estimate of drug-likeness (QED) is 0.138. The molecule has 1 aliphatic heterocycles. The van der Waals surface area contributed by atoms with E-state index in [4.69, 9.17) is 4.74 Å². The molecule has 0 N–H and O–H groups in total. The molecule has 6 heteroatoms. The number of benzene rings is 4. The molecule has 40 heavy (non-hydrogen) atoms. The van der Waals surface area contributed by atoms with E-state index in [0.29, 0.717) is 43.7 Å². The number of ether oxygens (including phenoxy) is 1. The lowest BCUT2D eigenvalue weighted by Gasteiger charge is -2.32. The Bertz CT molecular complexity index is 1660. The van der Waals surface area contributed by atoms with Crippen LogP contribution in [-0.2, 0) is 22.6 Å². The molecule has 4 aromatic carbocycles. The van der Waals surface area contributed by atoms with Gasteiger partial charge < -0.3 is 14.2 Å². The molecule has 5 aromatic rings. The first-order valence-corrected chi connectivity index (χ1v) is 14.4. The number of hydrogen-bond acceptors (Lipinski definition) is 5. The summed E-state index contributed by atoms with van der Waals surface area (Å²) >= 11 is 1.79. The molecule has 6 rings (SSSR count). The summed E-state index contributed by atoms with van der Waals surface area (Å²) in [6, 6.07) is 32.8. The van der Waals surface area contributed by atoms with Crippen LogP contribution in [0.25, 0.3) is 10.9 Å². The average Bonchev–Trinajstić information content (AvgIpc) is 3.35. The summed E-state index contributed by atoms with van der Waals surface area (Å²) < 4.78 is 7.14. The van der Waals surface area contributed by atoms with Crippen molar-refractivity contribution in [2.45, 2.75) is 42.6 Å². The molecular formula is C34H30N2O3S. The third-order valence-electron chi connectivity index (χ3n) is 7.18. The molecule has 200 valence electrons. The number of rotatable bonds is 9. The van der Waals surface area contributed by atoms with E-state index in [2.05, 4.69) is 64.1 Å². The maximum Gasteiger partial charge on any atom is 0.305 e. The highest BCUT2D eigenvalue weighted by atomic mass is 32.2. The van der Waals surface area contributed by atoms with Crippen molar-refractivity contribution in [1.82, 2.24) is 4.57 Å². The van der Waals surface area contributed by atoms with Crippen LogP contribution in [0.1, 0.15) is 41.3 Å². The van der Waals surface area contributed by atoms with Gasteiger partial charge in [0.05, 0.1) is 18.0 Å². The Morgan fingerprint density at radius 1 is 0.825 bits per heavy atom. The molecular weight excluding hydrogens is 516 g/mol. The van der Waals surface area contributed by atoms with Gasteiger partial charge in [0.15, 0.2) is 5.78 Å². The Balaban J connectivity index is 1.28. The Morgan fingerprint density at radius 3 is 2.27 bits per heavy atom. The number of aromatic nitrogens is 1. The predicted molar refractivity (Wildman–Crippen MR) is 161 cm³/mol. The topological polar surface area (TPSA) is 51.5 Å². The predicted octanol–water partition coefficient (Wildman–Crippen LogP) is 8.02. The van der Waals surface area contributed by atoms with Crippen LogP contribution in [0.3, 0.4) is 0 Å². The molecule has 0 radical (unpaired) electrons. The van der Waals surface area contributed by atoms with E-state index >= 15 is 0 Å². The molecule has 0 amide bonds. The Morgan fingerprint density at radius 2 is 1.52 bits per heavy atom. The van der Waals surface area contributed by atoms with E-state index in [1.165, 1.54) is 21.2 Å². The summed E-state index contributed by atoms with van der Waals surface area (Å²) in [7, 11) is 0. The molecule has 0 saturated heterocycles. The maximum atomic E-state index is 13.9. The highest BCUT2D eigenvalue weighted by Crippen LogP contribution is 2.48. The summed E-state index contributed by atoms with van der Waals surface area (Å²) in [6.07, 6.45) is 2.93. The first kappa shape index (κ1) is 26.0. The molecule has 0 saturated carbocycles. The number of carbonyl (C=O) groups is 2. The minimum atomic E-state index is -0.190. The molecule has 2 heterocycles. The van der Waals surface area contributed by atoms with E-state index in [1.54, 1.807) is 11.8 Å². The number of nitrogens with zero attached hydrogens (tertiary/aromatic N) is 2. The normalized spacial score (nSPS) is 12.2. The summed E-state index contributed by atoms with van der Waals surface area (Å²) in [5.74, 6) is -0.193. The lowest BCUT2D eigenvalue weighted by Crippen LogP contribution is -2.20. The third kappa shape index (κ3) is 5.15. The summed E-state index contributed by atoms with van der Waals surface area (Å²) in [5.41, 5.74) is 5.75. The van der Waals surface area contributed by atoms with E-state index in [-0.39, 0.29) is 11.8 Å². The second-order valence-corrected chi connectivity index (χ2v) is 10.9. The summed E-state index contributed by atoms with van der Waals surface area (Å²) in [6.45, 7) is 3.50. The van der Waals surface area contributed by atoms with Crippen LogP contribution in [0.2, 0.25) is 0 Å². The van der Waals surface area contributed by atoms with Crippen LogP contribution in [0.15, 0.2) is 113 Å². The van der Waals surface area contributed by atoms with Gasteiger partial charge in [-0.3, -0.25) is 9.59 Å². The number of anilines is 2. The summed E-state index contributed by atoms with van der Waals surface area (Å²) in [5, 5.41) is 0.921. The summed E-state index contributed by atoms with van der Waals surface area (Å²) in [4.78, 5) is 30.5. The van der Waals surface area contributed by atoms with Crippen molar-refractivity contribution in [1.29, 1.82) is 0 Å². The Kier molecular flexibility index (Phi) is 7.43. The van der Waals surface area contributed by atoms with Gasteiger partial charge in [-0.1, -0.05) is 72.4 Å². The van der Waals surface area contributed by atoms with Gasteiger partial charge in [-0.25, -0.2) is 0 Å². The number of hydrogen-bond donors (Lipinski definition) is 0. The van der Waals surface area contributed by atoms with Crippen LogP contribution >= 0.6 is 11.8 Å². The van der Waals surface area contributed by atoms with Gasteiger partial charge in [-0.2, -0.15) is 0 Å². The second kappa shape index (κ2) is 11.4. The zero-order chi connectivity index (χ0) is 27.5. The number of fused-ring (bicyclic) bond motifs is 3. The number of aryl methyl sites for hydroxylation is 1. The smallest absolute Gasteiger partial charge is 0.305 e. The maximum absolute atomic E-state index is 13.9. The third-order valence-corrected chi connectivity index (χ3v) is 8.31. The fourth-order valence-corrected chi connectivity index (χ4v) is 6.44. The molecule has 5 nitrogen and oxygen atoms in total. The minimum Gasteiger partial charge on any atom is -0.466 e. The van der Waals surface area contributed by atoms with Crippen LogP contribution in [0.4, 0.5) is 11.4 Å². The van der Waals surface area contributed by atoms with E-state index < -0.39 is 0 Å². The van der Waals surface area contributed by atoms with Crippen molar-refractivity contribution >= 4 is 45.8 Å². The van der Waals surface area contributed by atoms with Gasteiger partial charge in [0.1, 0.15) is 0 Å². The minimum absolute atomic E-state index is 0.00260. The van der Waals surface area contributed by atoms with Crippen LogP contribution in [-0.4, -0.2) is 22.9 Å². The van der Waals surface area contributed by atoms with Crippen LogP contribution in [0.5, 0.6) is 0 Å². The Hall–Kier alpha value is -4.29. The van der Waals surface area contributed by atoms with Crippen molar-refractivity contribution in [2.75, 3.05) is 11.5 Å². The van der Waals surface area contributed by atoms with Crippen molar-refractivity contribution in [3.8, 4) is 0 Å². The zero-order valence-electron chi connectivity index (χ0n) is 22.4. The molecule has 0 unspecified atom stereocenters. The lowest BCUT2D eigenvalue weighted by molar-refractivity contribution is -0.143. The van der Waals surface area contributed by atoms with Gasteiger partial charge in [0.2, 0.25) is 0 Å². The van der Waals surface area contributed by atoms with Crippen molar-refractivity contribution in [3.05, 3.63) is 120 Å². The molecule has 1 aromatic heterocycles. The van der Waals surface area contributed by atoms with E-state index in [1.807, 2.05) is 55.6 Å². The highest BCUT2D eigenvalue weighted by molar-refractivity contribution is 7.99. The Labute approximate surface area is 238 Å².